The number of allylic oxidation sites excluding steroid dienone is 4. The van der Waals surface area contributed by atoms with Crippen molar-refractivity contribution in [2.24, 2.45) is 0 Å². The number of rotatable bonds is 9. The normalized spacial score (nSPS) is 13.6. The summed E-state index contributed by atoms with van der Waals surface area (Å²) >= 11 is 0. The maximum atomic E-state index is 18.1. The monoisotopic (exact) mass is 1140 g/mol. The van der Waals surface area contributed by atoms with Crippen LogP contribution in [0.25, 0.3) is 22.3 Å². The second-order valence-corrected chi connectivity index (χ2v) is 16.8. The van der Waals surface area contributed by atoms with Crippen LogP contribution in [-0.2, 0) is 10.8 Å². The Bertz CT molecular complexity index is 3600. The largest absolute Gasteiger partial charge is 0.203 e. The summed E-state index contributed by atoms with van der Waals surface area (Å²) in [6.07, 6.45) is 0. The van der Waals surface area contributed by atoms with Crippen molar-refractivity contribution in [1.29, 1.82) is 0 Å². The molecule has 1 aliphatic carbocycles. The fraction of sp³-hybridized carbons (Fsp3) is 0.0370. The SMILES string of the molecule is Fc1c(F)c(F)c(C2=C(c3c(F)c(F)c(F)c(F)c3F)C(c3c(F)c(F)c(F)c(F)c3F)(C(c3ccccc3)(c3ccccc3)c3ccccc3)C(c3c(F)c(F)c(F)c(F)c3F)=C2c2c(F)c(F)c(F)c(F)c2F)c(F)c1F. The summed E-state index contributed by atoms with van der Waals surface area (Å²) in [5, 5.41) is 0. The number of halogens is 25. The van der Waals surface area contributed by atoms with Gasteiger partial charge < -0.3 is 0 Å². The summed E-state index contributed by atoms with van der Waals surface area (Å²) in [7, 11) is 0. The second kappa shape index (κ2) is 19.4. The Labute approximate surface area is 423 Å². The molecule has 8 aromatic rings. The van der Waals surface area contributed by atoms with Crippen LogP contribution in [0.2, 0.25) is 0 Å². The van der Waals surface area contributed by atoms with Crippen LogP contribution in [-0.4, -0.2) is 0 Å². The Morgan fingerprint density at radius 2 is 0.380 bits per heavy atom. The zero-order valence-corrected chi connectivity index (χ0v) is 37.6. The highest BCUT2D eigenvalue weighted by Gasteiger charge is 2.69. The summed E-state index contributed by atoms with van der Waals surface area (Å²) in [6, 6.07) is 10.7. The minimum atomic E-state index is -5.64. The van der Waals surface area contributed by atoms with Crippen molar-refractivity contribution in [3.05, 3.63) is 281 Å². The zero-order chi connectivity index (χ0) is 58.0. The van der Waals surface area contributed by atoms with E-state index in [1.54, 1.807) is 0 Å². The summed E-state index contributed by atoms with van der Waals surface area (Å²) < 4.78 is 414. The topological polar surface area (TPSA) is 0 Å². The van der Waals surface area contributed by atoms with E-state index in [0.717, 1.165) is 54.6 Å². The van der Waals surface area contributed by atoms with E-state index in [4.69, 9.17) is 0 Å². The highest BCUT2D eigenvalue weighted by Crippen LogP contribution is 2.74. The van der Waals surface area contributed by atoms with E-state index in [9.17, 15) is 0 Å². The molecule has 0 amide bonds. The summed E-state index contributed by atoms with van der Waals surface area (Å²) in [5.41, 5.74) is -42.9. The first kappa shape index (κ1) is 55.3. The van der Waals surface area contributed by atoms with Crippen molar-refractivity contribution < 1.29 is 110 Å². The molecule has 0 N–H and O–H groups in total. The summed E-state index contributed by atoms with van der Waals surface area (Å²) in [5.74, 6) is -88.1. The van der Waals surface area contributed by atoms with E-state index in [-0.39, 0.29) is 0 Å². The van der Waals surface area contributed by atoms with Crippen molar-refractivity contribution >= 4 is 22.3 Å². The minimum absolute atomic E-state index is 0.550. The molecule has 0 bridgehead atoms. The first-order valence-corrected chi connectivity index (χ1v) is 21.5. The number of hydrogen-bond donors (Lipinski definition) is 0. The molecule has 0 unspecified atom stereocenters. The van der Waals surface area contributed by atoms with Gasteiger partial charge in [0.2, 0.25) is 29.1 Å². The van der Waals surface area contributed by atoms with Crippen molar-refractivity contribution in [2.45, 2.75) is 10.8 Å². The average Bonchev–Trinajstić information content (AvgIpc) is 2.79. The van der Waals surface area contributed by atoms with Gasteiger partial charge in [-0.1, -0.05) is 91.0 Å². The number of hydrogen-bond acceptors (Lipinski definition) is 0. The molecule has 79 heavy (non-hydrogen) atoms. The highest BCUT2D eigenvalue weighted by molar-refractivity contribution is 6.33. The Hall–Kier alpha value is -8.51. The Morgan fingerprint density at radius 1 is 0.203 bits per heavy atom. The van der Waals surface area contributed by atoms with Crippen LogP contribution >= 0.6 is 0 Å². The average molecular weight is 1140 g/mol. The molecule has 8 aromatic carbocycles. The van der Waals surface area contributed by atoms with E-state index in [0.29, 0.717) is 36.4 Å². The van der Waals surface area contributed by atoms with Gasteiger partial charge in [0.05, 0.1) is 33.1 Å². The Balaban J connectivity index is 1.94. The minimum Gasteiger partial charge on any atom is -0.203 e. The lowest BCUT2D eigenvalue weighted by Gasteiger charge is -2.54. The first-order valence-electron chi connectivity index (χ1n) is 21.5. The molecule has 0 radical (unpaired) electrons. The highest BCUT2D eigenvalue weighted by atomic mass is 19.2. The van der Waals surface area contributed by atoms with Crippen molar-refractivity contribution in [1.82, 2.24) is 0 Å². The van der Waals surface area contributed by atoms with Gasteiger partial charge in [-0.2, -0.15) is 0 Å². The maximum Gasteiger partial charge on any atom is 0.200 e. The molecular weight excluding hydrogens is 1120 g/mol. The molecule has 406 valence electrons. The van der Waals surface area contributed by atoms with E-state index >= 15 is 110 Å². The van der Waals surface area contributed by atoms with Crippen LogP contribution in [0.3, 0.4) is 0 Å². The Morgan fingerprint density at radius 3 is 0.595 bits per heavy atom. The van der Waals surface area contributed by atoms with Gasteiger partial charge in [-0.3, -0.25) is 0 Å². The molecule has 0 saturated heterocycles. The molecular formula is C54H15F25. The van der Waals surface area contributed by atoms with Gasteiger partial charge in [-0.05, 0) is 27.8 Å². The fourth-order valence-corrected chi connectivity index (χ4v) is 10.1. The molecule has 0 heterocycles. The zero-order valence-electron chi connectivity index (χ0n) is 37.6. The van der Waals surface area contributed by atoms with Crippen LogP contribution in [0.5, 0.6) is 0 Å². The third-order valence-electron chi connectivity index (χ3n) is 13.1. The fourth-order valence-electron chi connectivity index (χ4n) is 10.1. The molecule has 0 spiro atoms. The van der Waals surface area contributed by atoms with Crippen molar-refractivity contribution in [3.63, 3.8) is 0 Å². The molecule has 9 rings (SSSR count). The van der Waals surface area contributed by atoms with E-state index in [2.05, 4.69) is 0 Å². The summed E-state index contributed by atoms with van der Waals surface area (Å²) in [4.78, 5) is 0. The third kappa shape index (κ3) is 7.28. The van der Waals surface area contributed by atoms with E-state index in [1.165, 1.54) is 0 Å². The van der Waals surface area contributed by atoms with Gasteiger partial charge in [-0.25, -0.2) is 110 Å². The lowest BCUT2D eigenvalue weighted by molar-refractivity contribution is 0.342. The molecule has 0 nitrogen and oxygen atoms in total. The molecule has 25 heteroatoms. The number of benzene rings is 8. The smallest absolute Gasteiger partial charge is 0.200 e. The molecule has 0 aromatic heterocycles. The van der Waals surface area contributed by atoms with Crippen LogP contribution in [0.1, 0.15) is 44.5 Å². The van der Waals surface area contributed by atoms with Gasteiger partial charge in [0.25, 0.3) is 0 Å². The third-order valence-corrected chi connectivity index (χ3v) is 13.1. The molecule has 0 fully saturated rings. The second-order valence-electron chi connectivity index (χ2n) is 16.8. The van der Waals surface area contributed by atoms with Gasteiger partial charge in [0, 0.05) is 16.7 Å². The first-order chi connectivity index (χ1) is 37.2. The summed E-state index contributed by atoms with van der Waals surface area (Å²) in [6.45, 7) is 0. The molecule has 0 aliphatic heterocycles. The van der Waals surface area contributed by atoms with E-state index < -0.39 is 223 Å². The molecule has 0 atom stereocenters. The van der Waals surface area contributed by atoms with Gasteiger partial charge in [-0.15, -0.1) is 0 Å². The Kier molecular flexibility index (Phi) is 13.6. The van der Waals surface area contributed by atoms with Gasteiger partial charge >= 0.3 is 0 Å². The lowest BCUT2D eigenvalue weighted by Crippen LogP contribution is -2.53. The lowest BCUT2D eigenvalue weighted by atomic mass is 9.45. The van der Waals surface area contributed by atoms with Crippen LogP contribution in [0.4, 0.5) is 110 Å². The van der Waals surface area contributed by atoms with Crippen LogP contribution in [0, 0.1) is 145 Å². The van der Waals surface area contributed by atoms with Crippen molar-refractivity contribution in [3.8, 4) is 0 Å². The van der Waals surface area contributed by atoms with Crippen LogP contribution < -0.4 is 0 Å². The molecule has 0 saturated carbocycles. The standard InChI is InChI=1S/C54H15F25/c55-28-21(29(56)39(66)48(75)38(28)65)19-20(22-30(57)40(67)49(76)41(68)31(22)58)26(24-34(61)44(71)51(78)45(72)35(24)62)54(27-36(63)46(73)52(79)47(74)37(27)64,25(19)23-32(59)42(69)50(77)43(70)33(23)60)53(16-10-4-1-5-11-16,17-12-6-2-7-13-17)18-14-8-3-9-15-18/h1-15H. The maximum absolute atomic E-state index is 18.1. The predicted octanol–water partition coefficient (Wildman–Crippen LogP) is 16.7. The van der Waals surface area contributed by atoms with Crippen molar-refractivity contribution in [2.75, 3.05) is 0 Å². The molecule has 1 aliphatic rings. The quantitative estimate of drug-likeness (QED) is 0.0585. The van der Waals surface area contributed by atoms with E-state index in [1.807, 2.05) is 0 Å². The predicted molar refractivity (Wildman–Crippen MR) is 226 cm³/mol. The van der Waals surface area contributed by atoms with Crippen LogP contribution in [0.15, 0.2) is 91.0 Å². The van der Waals surface area contributed by atoms with Gasteiger partial charge in [0.15, 0.2) is 116 Å². The van der Waals surface area contributed by atoms with Gasteiger partial charge in [0.1, 0.15) is 0 Å².